The molecule has 0 spiro atoms. The highest BCUT2D eigenvalue weighted by Crippen LogP contribution is 2.36. The third kappa shape index (κ3) is 4.44. The van der Waals surface area contributed by atoms with Crippen LogP contribution in [0.1, 0.15) is 37.5 Å². The van der Waals surface area contributed by atoms with Crippen molar-refractivity contribution in [1.29, 1.82) is 0 Å². The Bertz CT molecular complexity index is 855. The quantitative estimate of drug-likeness (QED) is 0.394. The molecule has 6 nitrogen and oxygen atoms in total. The Labute approximate surface area is 161 Å². The molecule has 0 saturated heterocycles. The second-order valence-corrected chi connectivity index (χ2v) is 8.38. The van der Waals surface area contributed by atoms with Gasteiger partial charge in [0.05, 0.1) is 12.6 Å². The predicted molar refractivity (Wildman–Crippen MR) is 110 cm³/mol. The summed E-state index contributed by atoms with van der Waals surface area (Å²) < 4.78 is 0.828. The summed E-state index contributed by atoms with van der Waals surface area (Å²) in [5, 5.41) is 14.3. The second kappa shape index (κ2) is 8.66. The lowest BCUT2D eigenvalue weighted by molar-refractivity contribution is 0.268. The normalized spacial score (nSPS) is 13.7. The summed E-state index contributed by atoms with van der Waals surface area (Å²) >= 11 is 2.94. The molecule has 8 heteroatoms. The van der Waals surface area contributed by atoms with Crippen LogP contribution in [-0.4, -0.2) is 32.7 Å². The van der Waals surface area contributed by atoms with Crippen LogP contribution in [0.2, 0.25) is 0 Å². The summed E-state index contributed by atoms with van der Waals surface area (Å²) in [6, 6.07) is 10.2. The van der Waals surface area contributed by atoms with E-state index in [0.29, 0.717) is 21.8 Å². The van der Waals surface area contributed by atoms with Crippen LogP contribution in [0.3, 0.4) is 0 Å². The lowest BCUT2D eigenvalue weighted by atomic mass is 10.2. The number of hydrogen-bond donors (Lipinski definition) is 3. The maximum absolute atomic E-state index is 9.61. The number of aliphatic hydroxyl groups excluding tert-OH is 1. The van der Waals surface area contributed by atoms with E-state index in [9.17, 15) is 5.11 Å². The number of nitrogens with zero attached hydrogens (tertiary/aromatic N) is 3. The minimum Gasteiger partial charge on any atom is -0.394 e. The number of aromatic nitrogens is 3. The van der Waals surface area contributed by atoms with E-state index >= 15 is 0 Å². The number of nitrogens with two attached hydrogens (primary N) is 1. The number of benzene rings is 1. The molecule has 2 heterocycles. The molecule has 2 atom stereocenters. The van der Waals surface area contributed by atoms with E-state index in [4.69, 9.17) is 10.7 Å². The maximum Gasteiger partial charge on any atom is 0.192 e. The summed E-state index contributed by atoms with van der Waals surface area (Å²) in [5.41, 5.74) is 7.69. The van der Waals surface area contributed by atoms with Crippen molar-refractivity contribution < 1.29 is 5.11 Å². The van der Waals surface area contributed by atoms with Gasteiger partial charge in [0.1, 0.15) is 4.70 Å². The zero-order chi connectivity index (χ0) is 18.5. The van der Waals surface area contributed by atoms with Crippen LogP contribution in [-0.2, 0) is 0 Å². The minimum absolute atomic E-state index is 0.0502. The van der Waals surface area contributed by atoms with Crippen LogP contribution in [0.15, 0.2) is 35.5 Å². The average molecular weight is 390 g/mol. The molecule has 0 saturated carbocycles. The van der Waals surface area contributed by atoms with Crippen LogP contribution < -0.4 is 11.1 Å². The monoisotopic (exact) mass is 389 g/mol. The van der Waals surface area contributed by atoms with Crippen LogP contribution in [0.25, 0.3) is 10.3 Å². The first-order valence-electron chi connectivity index (χ1n) is 8.63. The maximum atomic E-state index is 9.61. The summed E-state index contributed by atoms with van der Waals surface area (Å²) in [6.45, 7) is 4.27. The zero-order valence-electron chi connectivity index (χ0n) is 14.8. The van der Waals surface area contributed by atoms with Crippen molar-refractivity contribution in [2.24, 2.45) is 0 Å². The first kappa shape index (κ1) is 18.9. The number of fused-ring (bicyclic) bond motifs is 1. The van der Waals surface area contributed by atoms with Gasteiger partial charge in [-0.1, -0.05) is 66.8 Å². The lowest BCUT2D eigenvalue weighted by Crippen LogP contribution is -2.24. The number of aliphatic hydroxyl groups is 1. The Morgan fingerprint density at radius 1 is 1.23 bits per heavy atom. The van der Waals surface area contributed by atoms with Gasteiger partial charge in [-0.25, -0.2) is 15.0 Å². The van der Waals surface area contributed by atoms with Crippen molar-refractivity contribution in [3.8, 4) is 0 Å². The fraction of sp³-hybridized carbons (Fsp3) is 0.389. The largest absolute Gasteiger partial charge is 0.394 e. The molecule has 26 heavy (non-hydrogen) atoms. The van der Waals surface area contributed by atoms with Gasteiger partial charge < -0.3 is 16.2 Å². The number of hydrogen-bond acceptors (Lipinski definition) is 8. The van der Waals surface area contributed by atoms with Gasteiger partial charge in [-0.3, -0.25) is 0 Å². The van der Waals surface area contributed by atoms with Crippen molar-refractivity contribution in [1.82, 2.24) is 15.0 Å². The van der Waals surface area contributed by atoms with Crippen LogP contribution >= 0.6 is 23.1 Å². The Morgan fingerprint density at radius 3 is 2.69 bits per heavy atom. The number of rotatable bonds is 8. The van der Waals surface area contributed by atoms with Crippen LogP contribution in [0, 0.1) is 0 Å². The average Bonchev–Trinajstić information content (AvgIpc) is 3.02. The Kier molecular flexibility index (Phi) is 6.29. The smallest absolute Gasteiger partial charge is 0.192 e. The van der Waals surface area contributed by atoms with Crippen molar-refractivity contribution in [2.75, 3.05) is 17.7 Å². The van der Waals surface area contributed by atoms with Crippen LogP contribution in [0.4, 0.5) is 10.9 Å². The topological polar surface area (TPSA) is 97.0 Å². The number of thioether (sulfide) groups is 1. The SMILES string of the molecule is CCC[C@H](CO)Nc1nc(SC(C)c2ccccc2)nc2nc(N)sc12. The van der Waals surface area contributed by atoms with E-state index in [1.807, 2.05) is 18.2 Å². The van der Waals surface area contributed by atoms with Gasteiger partial charge in [0, 0.05) is 5.25 Å². The number of anilines is 2. The molecule has 3 rings (SSSR count). The van der Waals surface area contributed by atoms with Crippen molar-refractivity contribution in [3.63, 3.8) is 0 Å². The van der Waals surface area contributed by atoms with Gasteiger partial charge in [-0.15, -0.1) is 0 Å². The van der Waals surface area contributed by atoms with Crippen molar-refractivity contribution >= 4 is 44.4 Å². The molecule has 1 unspecified atom stereocenters. The molecule has 2 aromatic heterocycles. The first-order chi connectivity index (χ1) is 12.6. The van der Waals surface area contributed by atoms with Crippen molar-refractivity contribution in [2.45, 2.75) is 43.1 Å². The fourth-order valence-electron chi connectivity index (χ4n) is 2.67. The molecule has 1 aromatic carbocycles. The van der Waals surface area contributed by atoms with E-state index in [-0.39, 0.29) is 17.9 Å². The summed E-state index contributed by atoms with van der Waals surface area (Å²) in [6.07, 6.45) is 1.84. The summed E-state index contributed by atoms with van der Waals surface area (Å²) in [4.78, 5) is 13.6. The zero-order valence-corrected chi connectivity index (χ0v) is 16.5. The lowest BCUT2D eigenvalue weighted by Gasteiger charge is -2.17. The molecule has 0 aliphatic heterocycles. The molecule has 138 valence electrons. The molecule has 0 aliphatic rings. The van der Waals surface area contributed by atoms with E-state index in [2.05, 4.69) is 41.3 Å². The van der Waals surface area contributed by atoms with Gasteiger partial charge in [-0.05, 0) is 18.9 Å². The summed E-state index contributed by atoms with van der Waals surface area (Å²) in [5.74, 6) is 0.694. The van der Waals surface area contributed by atoms with Gasteiger partial charge in [-0.2, -0.15) is 0 Å². The fourth-order valence-corrected chi connectivity index (χ4v) is 4.29. The Balaban J connectivity index is 1.91. The van der Waals surface area contributed by atoms with Gasteiger partial charge >= 0.3 is 0 Å². The van der Waals surface area contributed by atoms with E-state index < -0.39 is 0 Å². The highest BCUT2D eigenvalue weighted by atomic mass is 32.2. The highest BCUT2D eigenvalue weighted by Gasteiger charge is 2.17. The third-order valence-corrected chi connectivity index (χ3v) is 5.90. The second-order valence-electron chi connectivity index (χ2n) is 6.04. The number of thiazole rings is 1. The molecule has 0 aliphatic carbocycles. The van der Waals surface area contributed by atoms with Crippen molar-refractivity contribution in [3.05, 3.63) is 35.9 Å². The standard InChI is InChI=1S/C18H23N5OS2/c1-3-7-13(10-24)20-15-14-16(21-17(19)26-14)23-18(22-15)25-11(2)12-8-5-4-6-9-12/h4-6,8-9,11,13,24H,3,7,10H2,1-2H3,(H3,19,20,21,22,23)/t11?,13-/m1/s1. The van der Waals surface area contributed by atoms with Crippen LogP contribution in [0.5, 0.6) is 0 Å². The van der Waals surface area contributed by atoms with E-state index in [1.165, 1.54) is 16.9 Å². The number of nitrogens with one attached hydrogen (secondary N) is 1. The minimum atomic E-state index is -0.0502. The Hall–Kier alpha value is -1.90. The molecule has 0 amide bonds. The Morgan fingerprint density at radius 2 is 2.00 bits per heavy atom. The third-order valence-electron chi connectivity index (χ3n) is 4.00. The molecular weight excluding hydrogens is 366 g/mol. The van der Waals surface area contributed by atoms with Gasteiger partial charge in [0.25, 0.3) is 0 Å². The molecular formula is C18H23N5OS2. The summed E-state index contributed by atoms with van der Waals surface area (Å²) in [7, 11) is 0. The van der Waals surface area contributed by atoms with Gasteiger partial charge in [0.15, 0.2) is 21.8 Å². The van der Waals surface area contributed by atoms with Gasteiger partial charge in [0.2, 0.25) is 0 Å². The predicted octanol–water partition coefficient (Wildman–Crippen LogP) is 4.09. The molecule has 0 bridgehead atoms. The van der Waals surface area contributed by atoms with E-state index in [1.54, 1.807) is 11.8 Å². The molecule has 0 radical (unpaired) electrons. The molecule has 4 N–H and O–H groups in total. The highest BCUT2D eigenvalue weighted by molar-refractivity contribution is 7.99. The first-order valence-corrected chi connectivity index (χ1v) is 10.3. The van der Waals surface area contributed by atoms with E-state index in [0.717, 1.165) is 17.5 Å². The molecule has 0 fully saturated rings. The molecule has 3 aromatic rings. The number of nitrogen functional groups attached to an aromatic ring is 1.